The Morgan fingerprint density at radius 2 is 1.80 bits per heavy atom. The second kappa shape index (κ2) is 7.51. The van der Waals surface area contributed by atoms with Gasteiger partial charge in [0, 0.05) is 23.9 Å². The van der Waals surface area contributed by atoms with Gasteiger partial charge in [0.05, 0.1) is 11.4 Å². The fraction of sp³-hybridized carbons (Fsp3) is 0.421. The number of aromatic nitrogens is 2. The number of carbonyl (C=O) groups is 2. The van der Waals surface area contributed by atoms with Gasteiger partial charge < -0.3 is 15.2 Å². The molecule has 0 atom stereocenters. The van der Waals surface area contributed by atoms with Gasteiger partial charge in [0.15, 0.2) is 0 Å². The van der Waals surface area contributed by atoms with E-state index in [1.54, 1.807) is 4.68 Å². The molecule has 1 N–H and O–H groups in total. The third-order valence-electron chi connectivity index (χ3n) is 3.81. The number of carboxylic acids is 1. The molecule has 2 aromatic rings. The fourth-order valence-corrected chi connectivity index (χ4v) is 2.32. The lowest BCUT2D eigenvalue weighted by atomic mass is 9.92. The highest BCUT2D eigenvalue weighted by atomic mass is 16.4. The van der Waals surface area contributed by atoms with E-state index in [2.05, 4.69) is 31.2 Å². The van der Waals surface area contributed by atoms with Gasteiger partial charge in [0.1, 0.15) is 5.82 Å². The van der Waals surface area contributed by atoms with Gasteiger partial charge in [-0.25, -0.2) is 4.68 Å². The summed E-state index contributed by atoms with van der Waals surface area (Å²) >= 11 is 0. The molecule has 6 nitrogen and oxygen atoms in total. The van der Waals surface area contributed by atoms with E-state index in [-0.39, 0.29) is 30.6 Å². The standard InChI is InChI=1S/C19H25N3O3/c1-13-8-10-14(11-9-13)22-16(12-15(21-22)19(2,3)4)20-17(23)6-5-7-18(24)25/h8-12H,5-7H2,1-4H3,(H,20,23)(H,24,25)/p-1. The zero-order valence-electron chi connectivity index (χ0n) is 15.1. The Bertz CT molecular complexity index is 755. The number of hydrogen-bond acceptors (Lipinski definition) is 4. The smallest absolute Gasteiger partial charge is 0.225 e. The monoisotopic (exact) mass is 342 g/mol. The molecule has 0 saturated carbocycles. The molecule has 0 fully saturated rings. The summed E-state index contributed by atoms with van der Waals surface area (Å²) in [5.41, 5.74) is 2.69. The number of rotatable bonds is 6. The van der Waals surface area contributed by atoms with Crippen LogP contribution in [0.25, 0.3) is 5.69 Å². The molecule has 0 saturated heterocycles. The van der Waals surface area contributed by atoms with Crippen LogP contribution < -0.4 is 10.4 Å². The molecule has 0 aliphatic carbocycles. The minimum atomic E-state index is -1.15. The molecule has 1 amide bonds. The minimum Gasteiger partial charge on any atom is -0.550 e. The highest BCUT2D eigenvalue weighted by Gasteiger charge is 2.21. The summed E-state index contributed by atoms with van der Waals surface area (Å²) in [6.07, 6.45) is 0.245. The van der Waals surface area contributed by atoms with Gasteiger partial charge in [0.25, 0.3) is 0 Å². The van der Waals surface area contributed by atoms with E-state index in [9.17, 15) is 14.7 Å². The zero-order valence-corrected chi connectivity index (χ0v) is 15.1. The molecule has 0 aliphatic heterocycles. The van der Waals surface area contributed by atoms with Crippen molar-refractivity contribution in [3.05, 3.63) is 41.6 Å². The van der Waals surface area contributed by atoms with Gasteiger partial charge in [0.2, 0.25) is 5.91 Å². The van der Waals surface area contributed by atoms with Gasteiger partial charge in [-0.1, -0.05) is 38.5 Å². The Kier molecular flexibility index (Phi) is 5.62. The van der Waals surface area contributed by atoms with E-state index < -0.39 is 5.97 Å². The maximum absolute atomic E-state index is 12.1. The highest BCUT2D eigenvalue weighted by molar-refractivity contribution is 5.90. The van der Waals surface area contributed by atoms with Crippen molar-refractivity contribution in [2.45, 2.75) is 52.4 Å². The molecule has 0 spiro atoms. The van der Waals surface area contributed by atoms with E-state index in [0.717, 1.165) is 16.9 Å². The molecule has 1 aromatic heterocycles. The molecule has 0 bridgehead atoms. The summed E-state index contributed by atoms with van der Waals surface area (Å²) in [5.74, 6) is -0.810. The molecule has 0 aliphatic rings. The van der Waals surface area contributed by atoms with Crippen molar-refractivity contribution in [2.75, 3.05) is 5.32 Å². The summed E-state index contributed by atoms with van der Waals surface area (Å²) in [5, 5.41) is 17.9. The molecular weight excluding hydrogens is 318 g/mol. The van der Waals surface area contributed by atoms with Crippen LogP contribution in [0, 0.1) is 6.92 Å². The van der Waals surface area contributed by atoms with E-state index in [1.165, 1.54) is 0 Å². The number of nitrogens with zero attached hydrogens (tertiary/aromatic N) is 2. The van der Waals surface area contributed by atoms with Crippen molar-refractivity contribution in [3.8, 4) is 5.69 Å². The van der Waals surface area contributed by atoms with Crippen LogP contribution in [0.15, 0.2) is 30.3 Å². The number of benzene rings is 1. The average Bonchev–Trinajstić information content (AvgIpc) is 2.91. The van der Waals surface area contributed by atoms with E-state index in [1.807, 2.05) is 37.3 Å². The molecule has 0 unspecified atom stereocenters. The lowest BCUT2D eigenvalue weighted by molar-refractivity contribution is -0.305. The predicted octanol–water partition coefficient (Wildman–Crippen LogP) is 2.34. The number of amides is 1. The molecule has 25 heavy (non-hydrogen) atoms. The first-order valence-corrected chi connectivity index (χ1v) is 8.34. The molecule has 134 valence electrons. The number of aryl methyl sites for hydroxylation is 1. The lowest BCUT2D eigenvalue weighted by Crippen LogP contribution is -2.22. The van der Waals surface area contributed by atoms with Crippen LogP contribution in [0.5, 0.6) is 0 Å². The molecule has 0 radical (unpaired) electrons. The van der Waals surface area contributed by atoms with Crippen molar-refractivity contribution < 1.29 is 14.7 Å². The molecule has 2 rings (SSSR count). The van der Waals surface area contributed by atoms with Gasteiger partial charge in [-0.2, -0.15) is 5.10 Å². The third-order valence-corrected chi connectivity index (χ3v) is 3.81. The molecule has 1 heterocycles. The molecule has 1 aromatic carbocycles. The maximum Gasteiger partial charge on any atom is 0.225 e. The van der Waals surface area contributed by atoms with Crippen molar-refractivity contribution in [1.82, 2.24) is 9.78 Å². The van der Waals surface area contributed by atoms with Crippen molar-refractivity contribution in [2.24, 2.45) is 0 Å². The van der Waals surface area contributed by atoms with Crippen LogP contribution in [0.1, 0.15) is 51.3 Å². The van der Waals surface area contributed by atoms with Crippen LogP contribution in [0.4, 0.5) is 5.82 Å². The summed E-state index contributed by atoms with van der Waals surface area (Å²) in [4.78, 5) is 22.6. The SMILES string of the molecule is Cc1ccc(-n2nc(C(C)(C)C)cc2NC(=O)CCCC(=O)[O-])cc1. The Morgan fingerprint density at radius 3 is 2.36 bits per heavy atom. The Labute approximate surface area is 147 Å². The van der Waals surface area contributed by atoms with Crippen molar-refractivity contribution >= 4 is 17.7 Å². The quantitative estimate of drug-likeness (QED) is 0.873. The molecular formula is C19H24N3O3-. The molecule has 6 heteroatoms. The number of anilines is 1. The van der Waals surface area contributed by atoms with E-state index in [4.69, 9.17) is 0 Å². The minimum absolute atomic E-state index is 0.123. The van der Waals surface area contributed by atoms with Gasteiger partial charge in [-0.3, -0.25) is 4.79 Å². The number of nitrogens with one attached hydrogen (secondary N) is 1. The van der Waals surface area contributed by atoms with E-state index >= 15 is 0 Å². The van der Waals surface area contributed by atoms with Crippen LogP contribution in [0.3, 0.4) is 0 Å². The Morgan fingerprint density at radius 1 is 1.16 bits per heavy atom. The second-order valence-electron chi connectivity index (χ2n) is 7.19. The summed E-state index contributed by atoms with van der Waals surface area (Å²) in [6.45, 7) is 8.17. The summed E-state index contributed by atoms with van der Waals surface area (Å²) < 4.78 is 1.71. The lowest BCUT2D eigenvalue weighted by Gasteiger charge is -2.14. The maximum atomic E-state index is 12.1. The Balaban J connectivity index is 2.26. The number of hydrogen-bond donors (Lipinski definition) is 1. The van der Waals surface area contributed by atoms with Gasteiger partial charge >= 0.3 is 0 Å². The largest absolute Gasteiger partial charge is 0.550 e. The fourth-order valence-electron chi connectivity index (χ4n) is 2.32. The summed E-state index contributed by atoms with van der Waals surface area (Å²) in [7, 11) is 0. The first kappa shape index (κ1) is 18.7. The average molecular weight is 342 g/mol. The number of carbonyl (C=O) groups excluding carboxylic acids is 2. The predicted molar refractivity (Wildman–Crippen MR) is 94.5 cm³/mol. The number of carboxylic acid groups (broad SMARTS) is 1. The summed E-state index contributed by atoms with van der Waals surface area (Å²) in [6, 6.07) is 9.72. The van der Waals surface area contributed by atoms with Crippen LogP contribution in [-0.2, 0) is 15.0 Å². The van der Waals surface area contributed by atoms with E-state index in [0.29, 0.717) is 5.82 Å². The van der Waals surface area contributed by atoms with Crippen LogP contribution in [-0.4, -0.2) is 21.7 Å². The van der Waals surface area contributed by atoms with Crippen molar-refractivity contribution in [1.29, 1.82) is 0 Å². The first-order chi connectivity index (χ1) is 11.7. The van der Waals surface area contributed by atoms with Gasteiger partial charge in [-0.05, 0) is 31.9 Å². The van der Waals surface area contributed by atoms with Crippen molar-refractivity contribution in [3.63, 3.8) is 0 Å². The highest BCUT2D eigenvalue weighted by Crippen LogP contribution is 2.26. The second-order valence-corrected chi connectivity index (χ2v) is 7.19. The first-order valence-electron chi connectivity index (χ1n) is 8.34. The topological polar surface area (TPSA) is 87.0 Å². The zero-order chi connectivity index (χ0) is 18.6. The number of aliphatic carboxylic acids is 1. The Hall–Kier alpha value is -2.63. The normalized spacial score (nSPS) is 11.4. The van der Waals surface area contributed by atoms with Crippen LogP contribution in [0.2, 0.25) is 0 Å². The third kappa shape index (κ3) is 5.17. The van der Waals surface area contributed by atoms with Crippen LogP contribution >= 0.6 is 0 Å². The van der Waals surface area contributed by atoms with Gasteiger partial charge in [-0.15, -0.1) is 0 Å².